The number of aryl methyl sites for hydroxylation is 2. The van der Waals surface area contributed by atoms with Crippen molar-refractivity contribution < 1.29 is 14.4 Å². The third kappa shape index (κ3) is 5.67. The molecule has 2 aromatic rings. The van der Waals surface area contributed by atoms with Crippen molar-refractivity contribution in [3.05, 3.63) is 70.8 Å². The number of benzene rings is 2. The first-order valence-electron chi connectivity index (χ1n) is 8.82. The summed E-state index contributed by atoms with van der Waals surface area (Å²) in [5, 5.41) is 2.73. The van der Waals surface area contributed by atoms with E-state index < -0.39 is 17.9 Å². The topological polar surface area (TPSA) is 87.3 Å². The van der Waals surface area contributed by atoms with Crippen molar-refractivity contribution in [2.75, 3.05) is 0 Å². The molecule has 0 bridgehead atoms. The van der Waals surface area contributed by atoms with E-state index in [0.717, 1.165) is 11.1 Å². The summed E-state index contributed by atoms with van der Waals surface area (Å²) in [6, 6.07) is 13.3. The third-order valence-corrected chi connectivity index (χ3v) is 4.13. The lowest BCUT2D eigenvalue weighted by Crippen LogP contribution is -2.54. The van der Waals surface area contributed by atoms with Gasteiger partial charge < -0.3 is 5.32 Å². The predicted octanol–water partition coefficient (Wildman–Crippen LogP) is 2.52. The standard InChI is InChI=1S/C21H25N3O3/c1-13(2)18(22-19(25)17-7-5-6-15(4)12-17)21(27)24-23-20(26)16-10-8-14(3)9-11-16/h5-13,18H,1-4H3,(H,22,25)(H,23,26)(H,24,27)/t18-/m1/s1. The lowest BCUT2D eigenvalue weighted by Gasteiger charge is -2.22. The van der Waals surface area contributed by atoms with Gasteiger partial charge in [0, 0.05) is 11.1 Å². The molecule has 27 heavy (non-hydrogen) atoms. The first kappa shape index (κ1) is 20.2. The molecule has 2 rings (SSSR count). The van der Waals surface area contributed by atoms with Crippen molar-refractivity contribution in [3.8, 4) is 0 Å². The summed E-state index contributed by atoms with van der Waals surface area (Å²) in [6.07, 6.45) is 0. The third-order valence-electron chi connectivity index (χ3n) is 4.13. The zero-order valence-corrected chi connectivity index (χ0v) is 16.0. The molecule has 0 aliphatic carbocycles. The van der Waals surface area contributed by atoms with Crippen LogP contribution in [-0.2, 0) is 4.79 Å². The SMILES string of the molecule is Cc1ccc(C(=O)NNC(=O)[C@H](NC(=O)c2cccc(C)c2)C(C)C)cc1. The van der Waals surface area contributed by atoms with Crippen LogP contribution in [0.5, 0.6) is 0 Å². The van der Waals surface area contributed by atoms with Crippen molar-refractivity contribution in [2.45, 2.75) is 33.7 Å². The van der Waals surface area contributed by atoms with Crippen LogP contribution in [0.1, 0.15) is 45.7 Å². The van der Waals surface area contributed by atoms with Crippen molar-refractivity contribution in [2.24, 2.45) is 5.92 Å². The van der Waals surface area contributed by atoms with Crippen LogP contribution in [0.25, 0.3) is 0 Å². The maximum atomic E-state index is 12.5. The largest absolute Gasteiger partial charge is 0.340 e. The van der Waals surface area contributed by atoms with Crippen molar-refractivity contribution in [1.29, 1.82) is 0 Å². The number of carbonyl (C=O) groups is 3. The van der Waals surface area contributed by atoms with Gasteiger partial charge in [0.1, 0.15) is 6.04 Å². The van der Waals surface area contributed by atoms with Crippen LogP contribution in [-0.4, -0.2) is 23.8 Å². The zero-order valence-electron chi connectivity index (χ0n) is 16.0. The molecule has 142 valence electrons. The van der Waals surface area contributed by atoms with E-state index in [-0.39, 0.29) is 11.8 Å². The molecular formula is C21H25N3O3. The Bertz CT molecular complexity index is 829. The number of hydrazine groups is 1. The highest BCUT2D eigenvalue weighted by molar-refractivity contribution is 5.99. The Morgan fingerprint density at radius 3 is 2.04 bits per heavy atom. The van der Waals surface area contributed by atoms with E-state index >= 15 is 0 Å². The molecular weight excluding hydrogens is 342 g/mol. The maximum absolute atomic E-state index is 12.5. The summed E-state index contributed by atoms with van der Waals surface area (Å²) < 4.78 is 0. The highest BCUT2D eigenvalue weighted by atomic mass is 16.2. The Hall–Kier alpha value is -3.15. The normalized spacial score (nSPS) is 11.6. The fraction of sp³-hybridized carbons (Fsp3) is 0.286. The first-order chi connectivity index (χ1) is 12.8. The minimum Gasteiger partial charge on any atom is -0.340 e. The Labute approximate surface area is 159 Å². The van der Waals surface area contributed by atoms with E-state index in [9.17, 15) is 14.4 Å². The second-order valence-corrected chi connectivity index (χ2v) is 6.87. The molecule has 3 N–H and O–H groups in total. The first-order valence-corrected chi connectivity index (χ1v) is 8.82. The summed E-state index contributed by atoms with van der Waals surface area (Å²) in [6.45, 7) is 7.46. The van der Waals surface area contributed by atoms with Gasteiger partial charge in [-0.2, -0.15) is 0 Å². The number of rotatable bonds is 5. The minimum atomic E-state index is -0.781. The molecule has 0 saturated heterocycles. The molecule has 0 saturated carbocycles. The lowest BCUT2D eigenvalue weighted by molar-refractivity contribution is -0.124. The second kappa shape index (κ2) is 8.98. The molecule has 0 aliphatic heterocycles. The van der Waals surface area contributed by atoms with Gasteiger partial charge in [-0.1, -0.05) is 49.2 Å². The van der Waals surface area contributed by atoms with Crippen LogP contribution in [0.3, 0.4) is 0 Å². The van der Waals surface area contributed by atoms with E-state index in [0.29, 0.717) is 11.1 Å². The quantitative estimate of drug-likeness (QED) is 0.710. The number of amides is 3. The molecule has 6 nitrogen and oxygen atoms in total. The summed E-state index contributed by atoms with van der Waals surface area (Å²) >= 11 is 0. The number of nitrogens with one attached hydrogen (secondary N) is 3. The van der Waals surface area contributed by atoms with Gasteiger partial charge in [0.05, 0.1) is 0 Å². The average molecular weight is 367 g/mol. The minimum absolute atomic E-state index is 0.157. The van der Waals surface area contributed by atoms with Gasteiger partial charge in [0.15, 0.2) is 0 Å². The second-order valence-electron chi connectivity index (χ2n) is 6.87. The van der Waals surface area contributed by atoms with Crippen LogP contribution in [0.15, 0.2) is 48.5 Å². The molecule has 0 radical (unpaired) electrons. The van der Waals surface area contributed by atoms with E-state index in [4.69, 9.17) is 0 Å². The Kier molecular flexibility index (Phi) is 6.71. The van der Waals surface area contributed by atoms with Gasteiger partial charge in [-0.25, -0.2) is 0 Å². The zero-order chi connectivity index (χ0) is 20.0. The van der Waals surface area contributed by atoms with Crippen molar-refractivity contribution in [1.82, 2.24) is 16.2 Å². The van der Waals surface area contributed by atoms with Gasteiger partial charge in [0.25, 0.3) is 17.7 Å². The average Bonchev–Trinajstić information content (AvgIpc) is 2.64. The molecule has 0 aliphatic rings. The number of hydrogen-bond donors (Lipinski definition) is 3. The van der Waals surface area contributed by atoms with Gasteiger partial charge in [-0.3, -0.25) is 25.2 Å². The number of hydrogen-bond acceptors (Lipinski definition) is 3. The number of carbonyl (C=O) groups excluding carboxylic acids is 3. The Morgan fingerprint density at radius 2 is 1.44 bits per heavy atom. The molecule has 1 atom stereocenters. The van der Waals surface area contributed by atoms with Gasteiger partial charge in [-0.05, 0) is 44.0 Å². The van der Waals surface area contributed by atoms with E-state index in [1.807, 2.05) is 45.9 Å². The van der Waals surface area contributed by atoms with Crippen LogP contribution >= 0.6 is 0 Å². The smallest absolute Gasteiger partial charge is 0.269 e. The van der Waals surface area contributed by atoms with Crippen LogP contribution in [0.4, 0.5) is 0 Å². The molecule has 0 heterocycles. The predicted molar refractivity (Wildman–Crippen MR) is 104 cm³/mol. The molecule has 0 fully saturated rings. The molecule has 2 aromatic carbocycles. The lowest BCUT2D eigenvalue weighted by atomic mass is 10.0. The summed E-state index contributed by atoms with van der Waals surface area (Å²) in [7, 11) is 0. The Morgan fingerprint density at radius 1 is 0.778 bits per heavy atom. The van der Waals surface area contributed by atoms with Crippen LogP contribution in [0.2, 0.25) is 0 Å². The molecule has 3 amide bonds. The van der Waals surface area contributed by atoms with Crippen LogP contribution in [0, 0.1) is 19.8 Å². The summed E-state index contributed by atoms with van der Waals surface area (Å²) in [4.78, 5) is 37.0. The molecule has 0 aromatic heterocycles. The summed E-state index contributed by atoms with van der Waals surface area (Å²) in [5.41, 5.74) is 7.69. The van der Waals surface area contributed by atoms with E-state index in [1.165, 1.54) is 0 Å². The van der Waals surface area contributed by atoms with E-state index in [2.05, 4.69) is 16.2 Å². The molecule has 0 spiro atoms. The maximum Gasteiger partial charge on any atom is 0.269 e. The van der Waals surface area contributed by atoms with E-state index in [1.54, 1.807) is 30.3 Å². The molecule has 6 heteroatoms. The van der Waals surface area contributed by atoms with Crippen LogP contribution < -0.4 is 16.2 Å². The highest BCUT2D eigenvalue weighted by Gasteiger charge is 2.25. The van der Waals surface area contributed by atoms with Gasteiger partial charge in [-0.15, -0.1) is 0 Å². The van der Waals surface area contributed by atoms with Gasteiger partial charge in [0.2, 0.25) is 0 Å². The molecule has 0 unspecified atom stereocenters. The fourth-order valence-electron chi connectivity index (χ4n) is 2.52. The Balaban J connectivity index is 1.99. The van der Waals surface area contributed by atoms with Gasteiger partial charge >= 0.3 is 0 Å². The van der Waals surface area contributed by atoms with Crippen molar-refractivity contribution >= 4 is 17.7 Å². The fourth-order valence-corrected chi connectivity index (χ4v) is 2.52. The monoisotopic (exact) mass is 367 g/mol. The van der Waals surface area contributed by atoms with Crippen molar-refractivity contribution in [3.63, 3.8) is 0 Å². The summed E-state index contributed by atoms with van der Waals surface area (Å²) in [5.74, 6) is -1.39. The highest BCUT2D eigenvalue weighted by Crippen LogP contribution is 2.07.